The van der Waals surface area contributed by atoms with Crippen molar-refractivity contribution in [3.05, 3.63) is 23.3 Å². The van der Waals surface area contributed by atoms with Gasteiger partial charge in [0.05, 0.1) is 0 Å². The number of rotatable bonds is 0. The third-order valence-corrected chi connectivity index (χ3v) is 1.21. The fourth-order valence-electron chi connectivity index (χ4n) is 0.689. The van der Waals surface area contributed by atoms with Crippen LogP contribution < -0.4 is 0 Å². The molecule has 0 aliphatic heterocycles. The molecule has 0 aliphatic rings. The highest BCUT2D eigenvalue weighted by Crippen LogP contribution is 2.26. The van der Waals surface area contributed by atoms with Gasteiger partial charge in [-0.2, -0.15) is 23.7 Å². The van der Waals surface area contributed by atoms with Crippen molar-refractivity contribution in [1.29, 1.82) is 10.5 Å². The largest absolute Gasteiger partial charge is 0.451 e. The first-order valence-electron chi connectivity index (χ1n) is 3.24. The van der Waals surface area contributed by atoms with Gasteiger partial charge < -0.3 is 0 Å². The standard InChI is InChI=1S/C7HF3N4/c8-7(9,10)6-13-4(2-11)1-5(3-12)14-6/h1H. The van der Waals surface area contributed by atoms with Crippen LogP contribution in [0.15, 0.2) is 6.07 Å². The molecule has 4 nitrogen and oxygen atoms in total. The molecule has 1 rings (SSSR count). The predicted molar refractivity (Wildman–Crippen MR) is 36.5 cm³/mol. The van der Waals surface area contributed by atoms with Gasteiger partial charge in [-0.3, -0.25) is 0 Å². The SMILES string of the molecule is N#Cc1cc(C#N)nc(C(F)(F)F)n1. The highest BCUT2D eigenvalue weighted by Gasteiger charge is 2.35. The Labute approximate surface area is 76.2 Å². The molecule has 0 saturated heterocycles. The van der Waals surface area contributed by atoms with Crippen LogP contribution in [0.2, 0.25) is 0 Å². The molecule has 0 aromatic carbocycles. The Morgan fingerprint density at radius 3 is 1.79 bits per heavy atom. The maximum Gasteiger partial charge on any atom is 0.451 e. The molecular formula is C7HF3N4. The number of hydrogen-bond donors (Lipinski definition) is 0. The van der Waals surface area contributed by atoms with Crippen molar-refractivity contribution >= 4 is 0 Å². The first-order valence-corrected chi connectivity index (χ1v) is 3.24. The van der Waals surface area contributed by atoms with Crippen molar-refractivity contribution in [3.63, 3.8) is 0 Å². The molecule has 14 heavy (non-hydrogen) atoms. The van der Waals surface area contributed by atoms with Crippen molar-refractivity contribution in [2.75, 3.05) is 0 Å². The first kappa shape index (κ1) is 9.93. The molecule has 0 unspecified atom stereocenters. The zero-order valence-electron chi connectivity index (χ0n) is 6.50. The summed E-state index contributed by atoms with van der Waals surface area (Å²) in [6.45, 7) is 0. The minimum absolute atomic E-state index is 0.483. The van der Waals surface area contributed by atoms with Crippen molar-refractivity contribution in [1.82, 2.24) is 9.97 Å². The molecule has 0 aliphatic carbocycles. The molecular weight excluding hydrogens is 197 g/mol. The fourth-order valence-corrected chi connectivity index (χ4v) is 0.689. The average Bonchev–Trinajstić information content (AvgIpc) is 2.15. The van der Waals surface area contributed by atoms with Gasteiger partial charge in [0.25, 0.3) is 0 Å². The summed E-state index contributed by atoms with van der Waals surface area (Å²) in [5.41, 5.74) is -0.965. The zero-order chi connectivity index (χ0) is 10.8. The molecule has 0 amide bonds. The van der Waals surface area contributed by atoms with Crippen molar-refractivity contribution in [2.24, 2.45) is 0 Å². The second-order valence-corrected chi connectivity index (χ2v) is 2.18. The van der Waals surface area contributed by atoms with E-state index in [0.29, 0.717) is 0 Å². The minimum Gasteiger partial charge on any atom is -0.213 e. The van der Waals surface area contributed by atoms with E-state index in [2.05, 4.69) is 9.97 Å². The van der Waals surface area contributed by atoms with Crippen LogP contribution in [0.1, 0.15) is 17.2 Å². The van der Waals surface area contributed by atoms with Gasteiger partial charge in [-0.05, 0) is 0 Å². The van der Waals surface area contributed by atoms with Gasteiger partial charge in [-0.1, -0.05) is 0 Å². The van der Waals surface area contributed by atoms with E-state index < -0.39 is 23.4 Å². The number of nitrogens with zero attached hydrogens (tertiary/aromatic N) is 4. The summed E-state index contributed by atoms with van der Waals surface area (Å²) < 4.78 is 36.2. The van der Waals surface area contributed by atoms with E-state index in [1.807, 2.05) is 0 Å². The van der Waals surface area contributed by atoms with Gasteiger partial charge in [0.15, 0.2) is 0 Å². The van der Waals surface area contributed by atoms with Crippen molar-refractivity contribution < 1.29 is 13.2 Å². The molecule has 0 saturated carbocycles. The van der Waals surface area contributed by atoms with Crippen LogP contribution in [0.3, 0.4) is 0 Å². The van der Waals surface area contributed by atoms with E-state index >= 15 is 0 Å². The third kappa shape index (κ3) is 1.96. The molecule has 1 aromatic rings. The maximum absolute atomic E-state index is 12.1. The summed E-state index contributed by atoms with van der Waals surface area (Å²) in [7, 11) is 0. The molecule has 1 heterocycles. The highest BCUT2D eigenvalue weighted by atomic mass is 19.4. The van der Waals surface area contributed by atoms with Gasteiger partial charge in [0.1, 0.15) is 23.5 Å². The van der Waals surface area contributed by atoms with E-state index in [0.717, 1.165) is 6.07 Å². The van der Waals surface area contributed by atoms with E-state index in [4.69, 9.17) is 10.5 Å². The molecule has 0 bridgehead atoms. The second kappa shape index (κ2) is 3.30. The van der Waals surface area contributed by atoms with Crippen LogP contribution in [-0.4, -0.2) is 9.97 Å². The zero-order valence-corrected chi connectivity index (χ0v) is 6.50. The number of halogens is 3. The quantitative estimate of drug-likeness (QED) is 0.628. The van der Waals surface area contributed by atoms with E-state index in [1.54, 1.807) is 0 Å². The van der Waals surface area contributed by atoms with E-state index in [1.165, 1.54) is 12.1 Å². The minimum atomic E-state index is -4.75. The summed E-state index contributed by atoms with van der Waals surface area (Å²) in [5.74, 6) is -1.48. The Kier molecular flexibility index (Phi) is 2.34. The lowest BCUT2D eigenvalue weighted by atomic mass is 10.3. The predicted octanol–water partition coefficient (Wildman–Crippen LogP) is 1.24. The van der Waals surface area contributed by atoms with Gasteiger partial charge in [0, 0.05) is 6.07 Å². The van der Waals surface area contributed by atoms with Crippen LogP contribution in [0.5, 0.6) is 0 Å². The van der Waals surface area contributed by atoms with Crippen molar-refractivity contribution in [3.8, 4) is 12.1 Å². The topological polar surface area (TPSA) is 73.4 Å². The van der Waals surface area contributed by atoms with E-state index in [-0.39, 0.29) is 0 Å². The van der Waals surface area contributed by atoms with Crippen LogP contribution in [-0.2, 0) is 6.18 Å². The third-order valence-electron chi connectivity index (χ3n) is 1.21. The molecule has 1 aromatic heterocycles. The van der Waals surface area contributed by atoms with Crippen LogP contribution >= 0.6 is 0 Å². The number of nitriles is 2. The smallest absolute Gasteiger partial charge is 0.213 e. The number of alkyl halides is 3. The van der Waals surface area contributed by atoms with Crippen LogP contribution in [0.4, 0.5) is 13.2 Å². The maximum atomic E-state index is 12.1. The van der Waals surface area contributed by atoms with Crippen LogP contribution in [0.25, 0.3) is 0 Å². The normalized spacial score (nSPS) is 10.4. The Bertz CT molecular complexity index is 405. The van der Waals surface area contributed by atoms with Gasteiger partial charge in [-0.15, -0.1) is 0 Å². The average molecular weight is 198 g/mol. The molecule has 0 spiro atoms. The molecule has 0 N–H and O–H groups in total. The second-order valence-electron chi connectivity index (χ2n) is 2.18. The summed E-state index contributed by atoms with van der Waals surface area (Å²) >= 11 is 0. The Morgan fingerprint density at radius 1 is 1.07 bits per heavy atom. The Hall–Kier alpha value is -2.15. The van der Waals surface area contributed by atoms with Gasteiger partial charge >= 0.3 is 6.18 Å². The number of hydrogen-bond acceptors (Lipinski definition) is 4. The van der Waals surface area contributed by atoms with Crippen molar-refractivity contribution in [2.45, 2.75) is 6.18 Å². The Morgan fingerprint density at radius 2 is 1.50 bits per heavy atom. The first-order chi connectivity index (χ1) is 6.47. The summed E-state index contributed by atoms with van der Waals surface area (Å²) in [6, 6.07) is 3.71. The Balaban J connectivity index is 3.36. The lowest BCUT2D eigenvalue weighted by Gasteiger charge is -2.03. The lowest BCUT2D eigenvalue weighted by Crippen LogP contribution is -2.12. The van der Waals surface area contributed by atoms with Crippen LogP contribution in [0, 0.1) is 22.7 Å². The summed E-state index contributed by atoms with van der Waals surface area (Å²) in [4.78, 5) is 5.85. The van der Waals surface area contributed by atoms with Gasteiger partial charge in [-0.25, -0.2) is 9.97 Å². The summed E-state index contributed by atoms with van der Waals surface area (Å²) in [6.07, 6.45) is -4.75. The van der Waals surface area contributed by atoms with E-state index in [9.17, 15) is 13.2 Å². The molecule has 0 radical (unpaired) electrons. The summed E-state index contributed by atoms with van der Waals surface area (Å²) in [5, 5.41) is 16.7. The lowest BCUT2D eigenvalue weighted by molar-refractivity contribution is -0.145. The monoisotopic (exact) mass is 198 g/mol. The van der Waals surface area contributed by atoms with Gasteiger partial charge in [0.2, 0.25) is 5.82 Å². The highest BCUT2D eigenvalue weighted by molar-refractivity contribution is 5.29. The molecule has 70 valence electrons. The fraction of sp³-hybridized carbons (Fsp3) is 0.143. The molecule has 7 heteroatoms. The number of aromatic nitrogens is 2. The molecule has 0 fully saturated rings. The molecule has 0 atom stereocenters.